The van der Waals surface area contributed by atoms with Gasteiger partial charge in [0.2, 0.25) is 0 Å². The van der Waals surface area contributed by atoms with Gasteiger partial charge < -0.3 is 4.90 Å². The van der Waals surface area contributed by atoms with Gasteiger partial charge in [-0.05, 0) is 30.5 Å². The van der Waals surface area contributed by atoms with Crippen molar-refractivity contribution in [1.29, 1.82) is 0 Å². The van der Waals surface area contributed by atoms with Gasteiger partial charge in [-0.3, -0.25) is 4.79 Å². The lowest BCUT2D eigenvalue weighted by Crippen LogP contribution is -2.26. The zero-order valence-electron chi connectivity index (χ0n) is 11.1. The molecule has 1 aromatic carbocycles. The highest BCUT2D eigenvalue weighted by atomic mass is 19.1. The zero-order valence-corrected chi connectivity index (χ0v) is 11.1. The van der Waals surface area contributed by atoms with E-state index in [1.54, 1.807) is 18.2 Å². The fraction of sp³-hybridized carbons (Fsp3) is 0.533. The van der Waals surface area contributed by atoms with Gasteiger partial charge in [-0.25, -0.2) is 4.39 Å². The van der Waals surface area contributed by atoms with E-state index >= 15 is 0 Å². The third-order valence-electron chi connectivity index (χ3n) is 3.59. The van der Waals surface area contributed by atoms with Gasteiger partial charge in [-0.2, -0.15) is 0 Å². The lowest BCUT2D eigenvalue weighted by Gasteiger charge is -2.19. The van der Waals surface area contributed by atoms with Crippen LogP contribution in [-0.4, -0.2) is 30.3 Å². The molecule has 1 aliphatic rings. The number of halogens is 1. The van der Waals surface area contributed by atoms with Crippen LogP contribution in [0.2, 0.25) is 0 Å². The third-order valence-corrected chi connectivity index (χ3v) is 3.59. The summed E-state index contributed by atoms with van der Waals surface area (Å²) < 4.78 is 13.4. The van der Waals surface area contributed by atoms with Crippen molar-refractivity contribution in [2.75, 3.05) is 19.6 Å². The van der Waals surface area contributed by atoms with Gasteiger partial charge in [0.25, 0.3) is 0 Å². The van der Waals surface area contributed by atoms with Gasteiger partial charge >= 0.3 is 0 Å². The van der Waals surface area contributed by atoms with Crippen LogP contribution in [0, 0.1) is 11.2 Å². The summed E-state index contributed by atoms with van der Waals surface area (Å²) in [5, 5.41) is 0. The summed E-state index contributed by atoms with van der Waals surface area (Å²) in [4.78, 5) is 14.2. The van der Waals surface area contributed by atoms with Gasteiger partial charge in [-0.15, -0.1) is 0 Å². The molecule has 0 radical (unpaired) electrons. The van der Waals surface area contributed by atoms with Gasteiger partial charge in [0, 0.05) is 19.5 Å². The zero-order chi connectivity index (χ0) is 13.2. The van der Waals surface area contributed by atoms with Gasteiger partial charge in [0.05, 0.1) is 5.56 Å². The van der Waals surface area contributed by atoms with E-state index in [1.165, 1.54) is 12.5 Å². The number of hydrogen-bond donors (Lipinski definition) is 0. The molecular weight excluding hydrogens is 229 g/mol. The molecule has 0 spiro atoms. The Bertz CT molecular complexity index is 442. The normalized spacial score (nSPS) is 19.1. The largest absolute Gasteiger partial charge is 0.302 e. The van der Waals surface area contributed by atoms with Crippen LogP contribution in [0.25, 0.3) is 0 Å². The molecular formula is C15H20FNO. The highest BCUT2D eigenvalue weighted by Crippen LogP contribution is 2.28. The van der Waals surface area contributed by atoms with Crippen LogP contribution >= 0.6 is 0 Å². The molecule has 1 heterocycles. The predicted molar refractivity (Wildman–Crippen MR) is 70.2 cm³/mol. The van der Waals surface area contributed by atoms with Crippen LogP contribution < -0.4 is 0 Å². The van der Waals surface area contributed by atoms with Crippen molar-refractivity contribution in [2.24, 2.45) is 5.41 Å². The van der Waals surface area contributed by atoms with E-state index in [-0.39, 0.29) is 11.3 Å². The lowest BCUT2D eigenvalue weighted by molar-refractivity contribution is 0.0963. The Hall–Kier alpha value is -1.22. The Kier molecular flexibility index (Phi) is 3.81. The second-order valence-electron chi connectivity index (χ2n) is 5.84. The van der Waals surface area contributed by atoms with Crippen molar-refractivity contribution in [3.8, 4) is 0 Å². The molecule has 3 heteroatoms. The van der Waals surface area contributed by atoms with Gasteiger partial charge in [0.15, 0.2) is 5.78 Å². The van der Waals surface area contributed by atoms with Crippen LogP contribution in [0.3, 0.4) is 0 Å². The molecule has 0 amide bonds. The van der Waals surface area contributed by atoms with Crippen molar-refractivity contribution in [1.82, 2.24) is 4.90 Å². The Morgan fingerprint density at radius 2 is 2.11 bits per heavy atom. The predicted octanol–water partition coefficient (Wildman–Crippen LogP) is 3.13. The average molecular weight is 249 g/mol. The maximum atomic E-state index is 13.4. The first-order valence-corrected chi connectivity index (χ1v) is 6.48. The molecule has 1 aliphatic heterocycles. The molecule has 2 nitrogen and oxygen atoms in total. The quantitative estimate of drug-likeness (QED) is 0.764. The fourth-order valence-corrected chi connectivity index (χ4v) is 2.50. The molecule has 1 fully saturated rings. The summed E-state index contributed by atoms with van der Waals surface area (Å²) in [7, 11) is 0. The highest BCUT2D eigenvalue weighted by Gasteiger charge is 2.29. The third kappa shape index (κ3) is 3.16. The first kappa shape index (κ1) is 13.2. The summed E-state index contributed by atoms with van der Waals surface area (Å²) in [6, 6.07) is 6.21. The first-order valence-electron chi connectivity index (χ1n) is 6.48. The standard InChI is InChI=1S/C15H20FNO/c1-15(2)8-10-17(11-15)9-7-14(18)12-5-3-4-6-13(12)16/h3-6H,7-11H2,1-2H3. The summed E-state index contributed by atoms with van der Waals surface area (Å²) in [5.74, 6) is -0.512. The van der Waals surface area contributed by atoms with E-state index < -0.39 is 5.82 Å². The topological polar surface area (TPSA) is 20.3 Å². The maximum absolute atomic E-state index is 13.4. The molecule has 98 valence electrons. The number of nitrogens with zero attached hydrogens (tertiary/aromatic N) is 1. The van der Waals surface area contributed by atoms with E-state index in [4.69, 9.17) is 0 Å². The second kappa shape index (κ2) is 5.19. The van der Waals surface area contributed by atoms with Crippen LogP contribution in [-0.2, 0) is 0 Å². The molecule has 0 aliphatic carbocycles. The Morgan fingerprint density at radius 3 is 2.72 bits per heavy atom. The maximum Gasteiger partial charge on any atom is 0.167 e. The minimum Gasteiger partial charge on any atom is -0.302 e. The lowest BCUT2D eigenvalue weighted by atomic mass is 9.93. The Morgan fingerprint density at radius 1 is 1.39 bits per heavy atom. The number of carbonyl (C=O) groups is 1. The van der Waals surface area contributed by atoms with Crippen LogP contribution in [0.5, 0.6) is 0 Å². The molecule has 0 N–H and O–H groups in total. The monoisotopic (exact) mass is 249 g/mol. The average Bonchev–Trinajstić information content (AvgIpc) is 2.66. The molecule has 0 atom stereocenters. The SMILES string of the molecule is CC1(C)CCN(CCC(=O)c2ccccc2F)C1. The molecule has 0 bridgehead atoms. The highest BCUT2D eigenvalue weighted by molar-refractivity contribution is 5.96. The molecule has 2 rings (SSSR count). The number of Topliss-reactive ketones (excluding diaryl/α,β-unsaturated/α-hetero) is 1. The number of carbonyl (C=O) groups excluding carboxylic acids is 1. The fourth-order valence-electron chi connectivity index (χ4n) is 2.50. The minimum absolute atomic E-state index is 0.0993. The number of ketones is 1. The molecule has 1 saturated heterocycles. The Labute approximate surface area is 108 Å². The first-order chi connectivity index (χ1) is 8.48. The van der Waals surface area contributed by atoms with E-state index in [9.17, 15) is 9.18 Å². The van der Waals surface area contributed by atoms with Crippen molar-refractivity contribution in [3.05, 3.63) is 35.6 Å². The summed E-state index contributed by atoms with van der Waals surface area (Å²) in [6.45, 7) is 7.28. The molecule has 18 heavy (non-hydrogen) atoms. The van der Waals surface area contributed by atoms with Crippen molar-refractivity contribution >= 4 is 5.78 Å². The van der Waals surface area contributed by atoms with E-state index in [0.29, 0.717) is 11.8 Å². The molecule has 0 unspecified atom stereocenters. The number of benzene rings is 1. The summed E-state index contributed by atoms with van der Waals surface area (Å²) in [6.07, 6.45) is 1.57. The number of rotatable bonds is 4. The number of likely N-dealkylation sites (tertiary alicyclic amines) is 1. The van der Waals surface area contributed by atoms with Crippen LogP contribution in [0.1, 0.15) is 37.0 Å². The van der Waals surface area contributed by atoms with Crippen LogP contribution in [0.4, 0.5) is 4.39 Å². The second-order valence-corrected chi connectivity index (χ2v) is 5.84. The van der Waals surface area contributed by atoms with Gasteiger partial charge in [-0.1, -0.05) is 26.0 Å². The summed E-state index contributed by atoms with van der Waals surface area (Å²) in [5.41, 5.74) is 0.567. The van der Waals surface area contributed by atoms with Crippen molar-refractivity contribution in [3.63, 3.8) is 0 Å². The van der Waals surface area contributed by atoms with Crippen molar-refractivity contribution < 1.29 is 9.18 Å². The van der Waals surface area contributed by atoms with E-state index in [0.717, 1.165) is 19.6 Å². The van der Waals surface area contributed by atoms with Crippen molar-refractivity contribution in [2.45, 2.75) is 26.7 Å². The van der Waals surface area contributed by atoms with E-state index in [1.807, 2.05) is 0 Å². The van der Waals surface area contributed by atoms with Gasteiger partial charge in [0.1, 0.15) is 5.82 Å². The summed E-state index contributed by atoms with van der Waals surface area (Å²) >= 11 is 0. The molecule has 0 aromatic heterocycles. The van der Waals surface area contributed by atoms with Crippen LogP contribution in [0.15, 0.2) is 24.3 Å². The molecule has 1 aromatic rings. The smallest absolute Gasteiger partial charge is 0.167 e. The van der Waals surface area contributed by atoms with E-state index in [2.05, 4.69) is 18.7 Å². The molecule has 0 saturated carbocycles. The Balaban J connectivity index is 1.88. The minimum atomic E-state index is -0.413. The number of hydrogen-bond acceptors (Lipinski definition) is 2.